The fraction of sp³-hybridized carbons (Fsp3) is 0.235. The lowest BCUT2D eigenvalue weighted by molar-refractivity contribution is 0.247. The molecule has 0 bridgehead atoms. The van der Waals surface area contributed by atoms with Crippen LogP contribution in [0.4, 0.5) is 8.78 Å². The predicted octanol–water partition coefficient (Wildman–Crippen LogP) is 4.35. The zero-order chi connectivity index (χ0) is 14.9. The molecular formula is C17H13F2NO. The van der Waals surface area contributed by atoms with Crippen molar-refractivity contribution in [1.82, 2.24) is 0 Å². The molecule has 0 spiro atoms. The Bertz CT molecular complexity index is 714. The quantitative estimate of drug-likeness (QED) is 0.609. The third-order valence-corrected chi connectivity index (χ3v) is 4.09. The number of aliphatic imine (C=N–C) groups is 1. The van der Waals surface area contributed by atoms with Crippen molar-refractivity contribution < 1.29 is 13.6 Å². The summed E-state index contributed by atoms with van der Waals surface area (Å²) in [6.45, 7) is 0. The van der Waals surface area contributed by atoms with Crippen LogP contribution in [0.3, 0.4) is 0 Å². The van der Waals surface area contributed by atoms with Crippen LogP contribution >= 0.6 is 0 Å². The van der Waals surface area contributed by atoms with Gasteiger partial charge in [-0.2, -0.15) is 4.99 Å². The molecule has 2 aromatic carbocycles. The van der Waals surface area contributed by atoms with E-state index in [1.807, 2.05) is 0 Å². The summed E-state index contributed by atoms with van der Waals surface area (Å²) in [6, 6.07) is 10.7. The summed E-state index contributed by atoms with van der Waals surface area (Å²) in [4.78, 5) is 14.5. The third-order valence-electron chi connectivity index (χ3n) is 4.09. The summed E-state index contributed by atoms with van der Waals surface area (Å²) >= 11 is 0. The van der Waals surface area contributed by atoms with E-state index in [9.17, 15) is 13.6 Å². The molecule has 4 heteroatoms. The predicted molar refractivity (Wildman–Crippen MR) is 75.4 cm³/mol. The van der Waals surface area contributed by atoms with E-state index in [0.717, 1.165) is 17.5 Å². The standard InChI is InChI=1S/C17H13F2NO/c18-14-5-2-12(3-6-14)13-4-7-16(19)15(10-13)17(20-11-21)8-1-9-17/h2-7,10H,1,8-9H2. The second kappa shape index (κ2) is 5.23. The number of hydrogen-bond donors (Lipinski definition) is 0. The van der Waals surface area contributed by atoms with Gasteiger partial charge in [-0.1, -0.05) is 18.2 Å². The van der Waals surface area contributed by atoms with Crippen molar-refractivity contribution >= 4 is 6.08 Å². The summed E-state index contributed by atoms with van der Waals surface area (Å²) in [5, 5.41) is 0. The van der Waals surface area contributed by atoms with Gasteiger partial charge in [-0.15, -0.1) is 0 Å². The number of halogens is 2. The Labute approximate surface area is 121 Å². The first kappa shape index (κ1) is 13.7. The van der Waals surface area contributed by atoms with Gasteiger partial charge in [0.1, 0.15) is 17.2 Å². The van der Waals surface area contributed by atoms with Crippen LogP contribution in [0.2, 0.25) is 0 Å². The Hall–Kier alpha value is -2.32. The Morgan fingerprint density at radius 1 is 1.00 bits per heavy atom. The molecular weight excluding hydrogens is 272 g/mol. The second-order valence-corrected chi connectivity index (χ2v) is 5.29. The van der Waals surface area contributed by atoms with Crippen LogP contribution in [0.15, 0.2) is 47.5 Å². The minimum Gasteiger partial charge on any atom is -0.211 e. The van der Waals surface area contributed by atoms with Gasteiger partial charge in [-0.05, 0) is 54.7 Å². The van der Waals surface area contributed by atoms with Gasteiger partial charge in [-0.25, -0.2) is 13.6 Å². The first-order chi connectivity index (χ1) is 10.1. The molecule has 1 saturated carbocycles. The van der Waals surface area contributed by atoms with Gasteiger partial charge in [0.25, 0.3) is 0 Å². The molecule has 1 fully saturated rings. The molecule has 0 unspecified atom stereocenters. The van der Waals surface area contributed by atoms with E-state index >= 15 is 0 Å². The number of isocyanates is 1. The number of carbonyl (C=O) groups excluding carboxylic acids is 1. The van der Waals surface area contributed by atoms with Crippen molar-refractivity contribution in [3.63, 3.8) is 0 Å². The lowest BCUT2D eigenvalue weighted by atomic mass is 9.71. The largest absolute Gasteiger partial charge is 0.235 e. The van der Waals surface area contributed by atoms with Gasteiger partial charge in [0.2, 0.25) is 6.08 Å². The van der Waals surface area contributed by atoms with E-state index in [2.05, 4.69) is 4.99 Å². The highest BCUT2D eigenvalue weighted by Gasteiger charge is 2.41. The molecule has 2 aromatic rings. The minimum absolute atomic E-state index is 0.317. The van der Waals surface area contributed by atoms with E-state index in [1.54, 1.807) is 30.3 Å². The molecule has 1 aliphatic carbocycles. The average molecular weight is 285 g/mol. The Balaban J connectivity index is 2.08. The van der Waals surface area contributed by atoms with E-state index in [4.69, 9.17) is 0 Å². The number of hydrogen-bond acceptors (Lipinski definition) is 2. The zero-order valence-corrected chi connectivity index (χ0v) is 11.3. The number of nitrogens with zero attached hydrogens (tertiary/aromatic N) is 1. The van der Waals surface area contributed by atoms with Crippen molar-refractivity contribution in [2.45, 2.75) is 24.8 Å². The van der Waals surface area contributed by atoms with Crippen molar-refractivity contribution in [1.29, 1.82) is 0 Å². The highest BCUT2D eigenvalue weighted by molar-refractivity contribution is 5.65. The van der Waals surface area contributed by atoms with Crippen LogP contribution < -0.4 is 0 Å². The average Bonchev–Trinajstić information content (AvgIpc) is 2.45. The van der Waals surface area contributed by atoms with Gasteiger partial charge in [0.15, 0.2) is 0 Å². The maximum absolute atomic E-state index is 14.1. The van der Waals surface area contributed by atoms with Crippen LogP contribution in [-0.2, 0) is 10.3 Å². The van der Waals surface area contributed by atoms with Gasteiger partial charge in [0, 0.05) is 5.56 Å². The van der Waals surface area contributed by atoms with Gasteiger partial charge in [0.05, 0.1) is 0 Å². The summed E-state index contributed by atoms with van der Waals surface area (Å²) in [6.07, 6.45) is 3.76. The second-order valence-electron chi connectivity index (χ2n) is 5.29. The Morgan fingerprint density at radius 2 is 1.67 bits per heavy atom. The molecule has 0 amide bonds. The van der Waals surface area contributed by atoms with E-state index in [-0.39, 0.29) is 11.6 Å². The maximum atomic E-state index is 14.1. The molecule has 0 aliphatic heterocycles. The lowest BCUT2D eigenvalue weighted by Crippen LogP contribution is -2.33. The number of benzene rings is 2. The molecule has 1 aliphatic rings. The Kier molecular flexibility index (Phi) is 3.40. The fourth-order valence-electron chi connectivity index (χ4n) is 2.74. The van der Waals surface area contributed by atoms with Gasteiger partial charge >= 0.3 is 0 Å². The first-order valence-electron chi connectivity index (χ1n) is 6.80. The molecule has 0 atom stereocenters. The van der Waals surface area contributed by atoms with Crippen LogP contribution in [-0.4, -0.2) is 6.08 Å². The lowest BCUT2D eigenvalue weighted by Gasteiger charge is -2.37. The molecule has 0 aromatic heterocycles. The van der Waals surface area contributed by atoms with Crippen molar-refractivity contribution in [3.05, 3.63) is 59.7 Å². The molecule has 0 heterocycles. The van der Waals surface area contributed by atoms with Crippen LogP contribution in [0.5, 0.6) is 0 Å². The summed E-state index contributed by atoms with van der Waals surface area (Å²) < 4.78 is 27.1. The van der Waals surface area contributed by atoms with Crippen LogP contribution in [0.25, 0.3) is 11.1 Å². The highest BCUT2D eigenvalue weighted by atomic mass is 19.1. The SMILES string of the molecule is O=C=NC1(c2cc(-c3ccc(F)cc3)ccc2F)CCC1. The minimum atomic E-state index is -0.776. The summed E-state index contributed by atoms with van der Waals surface area (Å²) in [7, 11) is 0. The molecule has 21 heavy (non-hydrogen) atoms. The summed E-state index contributed by atoms with van der Waals surface area (Å²) in [5.74, 6) is -0.693. The molecule has 106 valence electrons. The van der Waals surface area contributed by atoms with E-state index in [1.165, 1.54) is 18.2 Å². The maximum Gasteiger partial charge on any atom is 0.235 e. The monoisotopic (exact) mass is 285 g/mol. The van der Waals surface area contributed by atoms with E-state index in [0.29, 0.717) is 18.4 Å². The smallest absolute Gasteiger partial charge is 0.211 e. The fourth-order valence-corrected chi connectivity index (χ4v) is 2.74. The molecule has 0 N–H and O–H groups in total. The van der Waals surface area contributed by atoms with Crippen LogP contribution in [0.1, 0.15) is 24.8 Å². The zero-order valence-electron chi connectivity index (χ0n) is 11.3. The van der Waals surface area contributed by atoms with Gasteiger partial charge in [-0.3, -0.25) is 0 Å². The van der Waals surface area contributed by atoms with Crippen molar-refractivity contribution in [3.8, 4) is 11.1 Å². The third kappa shape index (κ3) is 2.39. The molecule has 0 saturated heterocycles. The molecule has 0 radical (unpaired) electrons. The normalized spacial score (nSPS) is 15.9. The van der Waals surface area contributed by atoms with E-state index < -0.39 is 5.54 Å². The van der Waals surface area contributed by atoms with Crippen LogP contribution in [0, 0.1) is 11.6 Å². The van der Waals surface area contributed by atoms with Gasteiger partial charge < -0.3 is 0 Å². The van der Waals surface area contributed by atoms with Crippen molar-refractivity contribution in [2.75, 3.05) is 0 Å². The van der Waals surface area contributed by atoms with Crippen molar-refractivity contribution in [2.24, 2.45) is 4.99 Å². The topological polar surface area (TPSA) is 29.4 Å². The first-order valence-corrected chi connectivity index (χ1v) is 6.80. The highest BCUT2D eigenvalue weighted by Crippen LogP contribution is 2.46. The number of rotatable bonds is 3. The summed E-state index contributed by atoms with van der Waals surface area (Å²) in [5.41, 5.74) is 1.21. The molecule has 2 nitrogen and oxygen atoms in total. The molecule has 3 rings (SSSR count). The Morgan fingerprint density at radius 3 is 2.24 bits per heavy atom.